The summed E-state index contributed by atoms with van der Waals surface area (Å²) in [6, 6.07) is 2.59. The lowest BCUT2D eigenvalue weighted by Crippen LogP contribution is -2.17. The molecule has 100 valence electrons. The van der Waals surface area contributed by atoms with Crippen LogP contribution in [0, 0.1) is 15.9 Å². The van der Waals surface area contributed by atoms with Gasteiger partial charge in [0.15, 0.2) is 0 Å². The fourth-order valence-electron chi connectivity index (χ4n) is 1.21. The first-order valence-corrected chi connectivity index (χ1v) is 7.05. The summed E-state index contributed by atoms with van der Waals surface area (Å²) in [6.45, 7) is 0. The number of nitro groups is 1. The summed E-state index contributed by atoms with van der Waals surface area (Å²) < 4.78 is 37.9. The van der Waals surface area contributed by atoms with Crippen LogP contribution in [-0.2, 0) is 10.0 Å². The van der Waals surface area contributed by atoms with E-state index in [4.69, 9.17) is 11.6 Å². The van der Waals surface area contributed by atoms with Crippen LogP contribution in [0.4, 0.5) is 15.8 Å². The van der Waals surface area contributed by atoms with Crippen LogP contribution in [-0.4, -0.2) is 25.0 Å². The number of alkyl halides is 1. The summed E-state index contributed by atoms with van der Waals surface area (Å²) in [4.78, 5) is 9.80. The quantitative estimate of drug-likeness (QED) is 0.494. The van der Waals surface area contributed by atoms with Crippen LogP contribution in [0.25, 0.3) is 0 Å². The monoisotopic (exact) mass is 296 g/mol. The fraction of sp³-hybridized carbons (Fsp3) is 0.333. The van der Waals surface area contributed by atoms with E-state index in [0.717, 1.165) is 12.1 Å². The zero-order valence-corrected chi connectivity index (χ0v) is 10.7. The van der Waals surface area contributed by atoms with E-state index >= 15 is 0 Å². The van der Waals surface area contributed by atoms with E-state index in [0.29, 0.717) is 6.07 Å². The van der Waals surface area contributed by atoms with E-state index in [-0.39, 0.29) is 23.7 Å². The molecule has 1 rings (SSSR count). The molecule has 0 atom stereocenters. The third-order valence-electron chi connectivity index (χ3n) is 1.97. The molecule has 0 saturated heterocycles. The van der Waals surface area contributed by atoms with Crippen LogP contribution >= 0.6 is 11.6 Å². The molecule has 0 unspecified atom stereocenters. The van der Waals surface area contributed by atoms with Gasteiger partial charge in [-0.25, -0.2) is 12.8 Å². The number of nitrogens with one attached hydrogen (secondary N) is 1. The van der Waals surface area contributed by atoms with Crippen LogP contribution in [0.15, 0.2) is 18.2 Å². The fourth-order valence-corrected chi connectivity index (χ4v) is 2.63. The number of sulfonamides is 1. The number of rotatable bonds is 6. The van der Waals surface area contributed by atoms with Gasteiger partial charge in [-0.1, -0.05) is 0 Å². The molecule has 0 amide bonds. The summed E-state index contributed by atoms with van der Waals surface area (Å²) in [7, 11) is -3.73. The molecule has 0 aliphatic heterocycles. The van der Waals surface area contributed by atoms with Gasteiger partial charge in [0.25, 0.3) is 5.69 Å². The molecule has 18 heavy (non-hydrogen) atoms. The second-order valence-corrected chi connectivity index (χ2v) is 5.60. The van der Waals surface area contributed by atoms with Gasteiger partial charge in [0.05, 0.1) is 16.7 Å². The van der Waals surface area contributed by atoms with Gasteiger partial charge in [0.1, 0.15) is 11.5 Å². The topological polar surface area (TPSA) is 89.3 Å². The summed E-state index contributed by atoms with van der Waals surface area (Å²) in [5.74, 6) is -0.914. The highest BCUT2D eigenvalue weighted by molar-refractivity contribution is 7.92. The first kappa shape index (κ1) is 14.7. The SMILES string of the molecule is O=[N+]([O-])c1cc(F)ccc1NS(=O)(=O)CCCCl. The van der Waals surface area contributed by atoms with E-state index in [1.165, 1.54) is 0 Å². The van der Waals surface area contributed by atoms with Gasteiger partial charge in [-0.3, -0.25) is 14.8 Å². The van der Waals surface area contributed by atoms with Crippen molar-refractivity contribution in [1.29, 1.82) is 0 Å². The smallest absolute Gasteiger partial charge is 0.277 e. The van der Waals surface area contributed by atoms with Crippen LogP contribution in [0.3, 0.4) is 0 Å². The highest BCUT2D eigenvalue weighted by Gasteiger charge is 2.19. The van der Waals surface area contributed by atoms with Gasteiger partial charge in [-0.15, -0.1) is 11.6 Å². The number of halogens is 2. The Labute approximate surface area is 108 Å². The van der Waals surface area contributed by atoms with E-state index in [2.05, 4.69) is 0 Å². The largest absolute Gasteiger partial charge is 0.296 e. The number of hydrogen-bond acceptors (Lipinski definition) is 4. The molecule has 0 fully saturated rings. The van der Waals surface area contributed by atoms with E-state index in [9.17, 15) is 22.9 Å². The van der Waals surface area contributed by atoms with E-state index in [1.807, 2.05) is 4.72 Å². The summed E-state index contributed by atoms with van der Waals surface area (Å²) in [5.41, 5.74) is -0.902. The first-order chi connectivity index (χ1) is 8.35. The molecular formula is C9H10ClFN2O4S. The van der Waals surface area contributed by atoms with Gasteiger partial charge < -0.3 is 0 Å². The lowest BCUT2D eigenvalue weighted by molar-refractivity contribution is -0.384. The number of hydrogen-bond donors (Lipinski definition) is 1. The van der Waals surface area contributed by atoms with Crippen molar-refractivity contribution in [1.82, 2.24) is 0 Å². The maximum atomic E-state index is 12.8. The van der Waals surface area contributed by atoms with Crippen molar-refractivity contribution in [2.75, 3.05) is 16.4 Å². The maximum Gasteiger partial charge on any atom is 0.296 e. The second-order valence-electron chi connectivity index (χ2n) is 3.38. The van der Waals surface area contributed by atoms with Gasteiger partial charge in [0.2, 0.25) is 10.0 Å². The molecule has 6 nitrogen and oxygen atoms in total. The van der Waals surface area contributed by atoms with Gasteiger partial charge >= 0.3 is 0 Å². The average Bonchev–Trinajstić information content (AvgIpc) is 2.28. The second kappa shape index (κ2) is 5.96. The highest BCUT2D eigenvalue weighted by Crippen LogP contribution is 2.26. The van der Waals surface area contributed by atoms with Crippen LogP contribution < -0.4 is 4.72 Å². The zero-order valence-electron chi connectivity index (χ0n) is 9.10. The Bertz CT molecular complexity index is 549. The molecular weight excluding hydrogens is 287 g/mol. The molecule has 0 saturated carbocycles. The number of nitrogens with zero attached hydrogens (tertiary/aromatic N) is 1. The molecule has 0 heterocycles. The summed E-state index contributed by atoms with van der Waals surface area (Å²) >= 11 is 5.36. The minimum absolute atomic E-state index is 0.159. The average molecular weight is 297 g/mol. The van der Waals surface area contributed by atoms with Gasteiger partial charge in [0, 0.05) is 5.88 Å². The Hall–Kier alpha value is -1.41. The Morgan fingerprint density at radius 2 is 2.11 bits per heavy atom. The molecule has 0 bridgehead atoms. The Balaban J connectivity index is 3.01. The van der Waals surface area contributed by atoms with E-state index < -0.39 is 26.5 Å². The Morgan fingerprint density at radius 1 is 1.44 bits per heavy atom. The highest BCUT2D eigenvalue weighted by atomic mass is 35.5. The number of benzene rings is 1. The summed E-state index contributed by atoms with van der Waals surface area (Å²) in [5, 5.41) is 10.7. The minimum atomic E-state index is -3.73. The van der Waals surface area contributed by atoms with Crippen molar-refractivity contribution in [2.24, 2.45) is 0 Å². The molecule has 1 aromatic rings. The number of nitro benzene ring substituents is 1. The predicted octanol–water partition coefficient (Wildman–Crippen LogP) is 2.10. The van der Waals surface area contributed by atoms with Crippen molar-refractivity contribution in [2.45, 2.75) is 6.42 Å². The minimum Gasteiger partial charge on any atom is -0.277 e. The van der Waals surface area contributed by atoms with E-state index in [1.54, 1.807) is 0 Å². The molecule has 0 spiro atoms. The standard InChI is InChI=1S/C9H10ClFN2O4S/c10-4-1-5-18(16,17)12-8-3-2-7(11)6-9(8)13(14)15/h2-3,6,12H,1,4-5H2. The molecule has 0 aliphatic carbocycles. The molecule has 0 aliphatic rings. The lowest BCUT2D eigenvalue weighted by Gasteiger charge is -2.07. The van der Waals surface area contributed by atoms with Crippen molar-refractivity contribution >= 4 is 33.0 Å². The van der Waals surface area contributed by atoms with Crippen LogP contribution in [0.2, 0.25) is 0 Å². The molecule has 0 aromatic heterocycles. The number of anilines is 1. The van der Waals surface area contributed by atoms with Crippen molar-refractivity contribution in [3.63, 3.8) is 0 Å². The third kappa shape index (κ3) is 4.11. The van der Waals surface area contributed by atoms with Crippen LogP contribution in [0.1, 0.15) is 6.42 Å². The van der Waals surface area contributed by atoms with Crippen molar-refractivity contribution < 1.29 is 17.7 Å². The molecule has 0 radical (unpaired) electrons. The normalized spacial score (nSPS) is 11.2. The van der Waals surface area contributed by atoms with Crippen molar-refractivity contribution in [3.8, 4) is 0 Å². The maximum absolute atomic E-state index is 12.8. The predicted molar refractivity (Wildman–Crippen MR) is 65.8 cm³/mol. The van der Waals surface area contributed by atoms with Gasteiger partial charge in [-0.05, 0) is 18.6 Å². The zero-order chi connectivity index (χ0) is 13.8. The lowest BCUT2D eigenvalue weighted by atomic mass is 10.3. The molecule has 1 aromatic carbocycles. The van der Waals surface area contributed by atoms with Gasteiger partial charge in [-0.2, -0.15) is 0 Å². The molecule has 9 heteroatoms. The molecule has 1 N–H and O–H groups in total. The van der Waals surface area contributed by atoms with Crippen LogP contribution in [0.5, 0.6) is 0 Å². The summed E-state index contributed by atoms with van der Waals surface area (Å²) in [6.07, 6.45) is 0.214. The van der Waals surface area contributed by atoms with Crippen molar-refractivity contribution in [3.05, 3.63) is 34.1 Å². The Kier molecular flexibility index (Phi) is 4.85. The Morgan fingerprint density at radius 3 is 2.67 bits per heavy atom. The first-order valence-electron chi connectivity index (χ1n) is 4.86. The third-order valence-corrected chi connectivity index (χ3v) is 3.59.